The molecule has 0 bridgehead atoms. The standard InChI is InChI=1S/C22H26N8O2/c1-3-29-18-19(26-21(29)28-10-6-7-14(23)12-28)27(2)22(32)30(20(18)31)13-15-11-24-16-8-4-5-9-17(16)25-15/h4-5,8-9,11,14H,3,6-7,10,12-13,23H2,1-2H3. The first-order valence-electron chi connectivity index (χ1n) is 10.9. The summed E-state index contributed by atoms with van der Waals surface area (Å²) in [5.41, 5.74) is 8.20. The average Bonchev–Trinajstić information content (AvgIpc) is 3.20. The van der Waals surface area contributed by atoms with E-state index in [4.69, 9.17) is 10.7 Å². The molecule has 166 valence electrons. The maximum atomic E-state index is 13.5. The Kier molecular flexibility index (Phi) is 5.01. The molecule has 0 saturated carbocycles. The molecule has 1 fully saturated rings. The number of nitrogens with zero attached hydrogens (tertiary/aromatic N) is 7. The van der Waals surface area contributed by atoms with Gasteiger partial charge in [0.1, 0.15) is 0 Å². The van der Waals surface area contributed by atoms with Crippen LogP contribution in [0.1, 0.15) is 25.5 Å². The smallest absolute Gasteiger partial charge is 0.332 e. The number of fused-ring (bicyclic) bond motifs is 2. The van der Waals surface area contributed by atoms with E-state index >= 15 is 0 Å². The molecule has 0 amide bonds. The van der Waals surface area contributed by atoms with Gasteiger partial charge in [-0.25, -0.2) is 9.78 Å². The highest BCUT2D eigenvalue weighted by Crippen LogP contribution is 2.22. The molecule has 3 aromatic heterocycles. The van der Waals surface area contributed by atoms with E-state index in [1.54, 1.807) is 13.2 Å². The number of aryl methyl sites for hydroxylation is 2. The van der Waals surface area contributed by atoms with Gasteiger partial charge < -0.3 is 15.2 Å². The summed E-state index contributed by atoms with van der Waals surface area (Å²) in [6, 6.07) is 7.57. The van der Waals surface area contributed by atoms with Gasteiger partial charge in [-0.3, -0.25) is 18.9 Å². The van der Waals surface area contributed by atoms with Gasteiger partial charge in [0.05, 0.1) is 29.5 Å². The van der Waals surface area contributed by atoms with Crippen LogP contribution in [-0.4, -0.2) is 47.8 Å². The molecule has 10 heteroatoms. The summed E-state index contributed by atoms with van der Waals surface area (Å²) >= 11 is 0. The van der Waals surface area contributed by atoms with Crippen LogP contribution in [0.15, 0.2) is 40.1 Å². The number of hydrogen-bond acceptors (Lipinski definition) is 7. The van der Waals surface area contributed by atoms with Crippen LogP contribution in [0, 0.1) is 0 Å². The quantitative estimate of drug-likeness (QED) is 0.506. The number of para-hydroxylation sites is 2. The molecular formula is C22H26N8O2. The number of hydrogen-bond donors (Lipinski definition) is 1. The predicted molar refractivity (Wildman–Crippen MR) is 123 cm³/mol. The van der Waals surface area contributed by atoms with Crippen LogP contribution in [0.5, 0.6) is 0 Å². The lowest BCUT2D eigenvalue weighted by Crippen LogP contribution is -2.44. The molecule has 4 aromatic rings. The van der Waals surface area contributed by atoms with Crippen molar-refractivity contribution in [3.8, 4) is 0 Å². The van der Waals surface area contributed by atoms with Gasteiger partial charge in [-0.1, -0.05) is 12.1 Å². The van der Waals surface area contributed by atoms with Gasteiger partial charge in [0.2, 0.25) is 5.95 Å². The number of anilines is 1. The minimum Gasteiger partial charge on any atom is -0.341 e. The van der Waals surface area contributed by atoms with Crippen molar-refractivity contribution in [2.45, 2.75) is 38.9 Å². The van der Waals surface area contributed by atoms with Gasteiger partial charge in [0.15, 0.2) is 11.2 Å². The minimum atomic E-state index is -0.430. The Morgan fingerprint density at radius 3 is 2.66 bits per heavy atom. The van der Waals surface area contributed by atoms with Crippen molar-refractivity contribution in [3.05, 3.63) is 57.0 Å². The monoisotopic (exact) mass is 434 g/mol. The van der Waals surface area contributed by atoms with Crippen molar-refractivity contribution >= 4 is 28.1 Å². The molecule has 0 radical (unpaired) electrons. The van der Waals surface area contributed by atoms with Gasteiger partial charge >= 0.3 is 5.69 Å². The maximum absolute atomic E-state index is 13.5. The lowest BCUT2D eigenvalue weighted by atomic mass is 10.1. The highest BCUT2D eigenvalue weighted by Gasteiger charge is 2.25. The first-order valence-corrected chi connectivity index (χ1v) is 10.9. The van der Waals surface area contributed by atoms with Crippen molar-refractivity contribution in [1.29, 1.82) is 0 Å². The van der Waals surface area contributed by atoms with Crippen LogP contribution >= 0.6 is 0 Å². The number of benzene rings is 1. The highest BCUT2D eigenvalue weighted by atomic mass is 16.2. The summed E-state index contributed by atoms with van der Waals surface area (Å²) < 4.78 is 4.53. The summed E-state index contributed by atoms with van der Waals surface area (Å²) in [4.78, 5) is 42.4. The first kappa shape index (κ1) is 20.4. The molecular weight excluding hydrogens is 408 g/mol. The predicted octanol–water partition coefficient (Wildman–Crippen LogP) is 0.836. The topological polar surface area (TPSA) is 117 Å². The lowest BCUT2D eigenvalue weighted by Gasteiger charge is -2.31. The van der Waals surface area contributed by atoms with Gasteiger partial charge in [-0.2, -0.15) is 4.98 Å². The summed E-state index contributed by atoms with van der Waals surface area (Å²) in [6.07, 6.45) is 3.55. The number of aromatic nitrogens is 6. The Labute approximate surface area is 183 Å². The van der Waals surface area contributed by atoms with Crippen LogP contribution in [0.3, 0.4) is 0 Å². The molecule has 0 spiro atoms. The zero-order valence-electron chi connectivity index (χ0n) is 18.2. The van der Waals surface area contributed by atoms with Crippen LogP contribution < -0.4 is 21.9 Å². The van der Waals surface area contributed by atoms with Crippen LogP contribution in [-0.2, 0) is 20.1 Å². The van der Waals surface area contributed by atoms with Crippen molar-refractivity contribution in [1.82, 2.24) is 28.7 Å². The van der Waals surface area contributed by atoms with Gasteiger partial charge in [0.25, 0.3) is 5.56 Å². The molecule has 5 rings (SSSR count). The zero-order chi connectivity index (χ0) is 22.4. The molecule has 0 aliphatic carbocycles. The highest BCUT2D eigenvalue weighted by molar-refractivity contribution is 5.75. The number of rotatable bonds is 4. The van der Waals surface area contributed by atoms with E-state index in [-0.39, 0.29) is 18.1 Å². The SMILES string of the molecule is CCn1c(N2CCCC(N)C2)nc2c1c(=O)n(Cc1cnc3ccccc3n1)c(=O)n2C. The molecule has 32 heavy (non-hydrogen) atoms. The van der Waals surface area contributed by atoms with Crippen molar-refractivity contribution in [3.63, 3.8) is 0 Å². The molecule has 10 nitrogen and oxygen atoms in total. The third-order valence-corrected chi connectivity index (χ3v) is 6.09. The van der Waals surface area contributed by atoms with Crippen molar-refractivity contribution < 1.29 is 0 Å². The molecule has 1 unspecified atom stereocenters. The Morgan fingerprint density at radius 2 is 1.91 bits per heavy atom. The molecule has 4 heterocycles. The molecule has 1 aliphatic heterocycles. The van der Waals surface area contributed by atoms with E-state index in [0.717, 1.165) is 30.4 Å². The second kappa shape index (κ2) is 7.86. The fourth-order valence-electron chi connectivity index (χ4n) is 4.47. The number of nitrogens with two attached hydrogens (primary N) is 1. The van der Waals surface area contributed by atoms with E-state index in [2.05, 4.69) is 14.9 Å². The van der Waals surface area contributed by atoms with E-state index in [1.807, 2.05) is 35.8 Å². The zero-order valence-corrected chi connectivity index (χ0v) is 18.2. The Bertz CT molecular complexity index is 1430. The second-order valence-electron chi connectivity index (χ2n) is 8.26. The Balaban J connectivity index is 1.65. The van der Waals surface area contributed by atoms with E-state index in [9.17, 15) is 9.59 Å². The number of imidazole rings is 1. The van der Waals surface area contributed by atoms with Crippen LogP contribution in [0.25, 0.3) is 22.2 Å². The van der Waals surface area contributed by atoms with E-state index in [1.165, 1.54) is 9.13 Å². The Morgan fingerprint density at radius 1 is 1.12 bits per heavy atom. The van der Waals surface area contributed by atoms with Gasteiger partial charge in [-0.15, -0.1) is 0 Å². The summed E-state index contributed by atoms with van der Waals surface area (Å²) in [5.74, 6) is 0.688. The van der Waals surface area contributed by atoms with Crippen molar-refractivity contribution in [2.24, 2.45) is 12.8 Å². The summed E-state index contributed by atoms with van der Waals surface area (Å²) in [7, 11) is 1.64. The third kappa shape index (κ3) is 3.27. The largest absolute Gasteiger partial charge is 0.341 e. The minimum absolute atomic E-state index is 0.0398. The number of piperidine rings is 1. The fraction of sp³-hybridized carbons (Fsp3) is 0.409. The van der Waals surface area contributed by atoms with E-state index < -0.39 is 5.69 Å². The lowest BCUT2D eigenvalue weighted by molar-refractivity contribution is 0.494. The molecule has 2 N–H and O–H groups in total. The maximum Gasteiger partial charge on any atom is 0.332 e. The van der Waals surface area contributed by atoms with Gasteiger partial charge in [0, 0.05) is 32.7 Å². The van der Waals surface area contributed by atoms with Crippen LogP contribution in [0.2, 0.25) is 0 Å². The van der Waals surface area contributed by atoms with Gasteiger partial charge in [-0.05, 0) is 31.9 Å². The fourth-order valence-corrected chi connectivity index (χ4v) is 4.47. The van der Waals surface area contributed by atoms with Crippen LogP contribution in [0.4, 0.5) is 5.95 Å². The third-order valence-electron chi connectivity index (χ3n) is 6.09. The summed E-state index contributed by atoms with van der Waals surface area (Å²) in [6.45, 7) is 4.07. The second-order valence-corrected chi connectivity index (χ2v) is 8.26. The van der Waals surface area contributed by atoms with E-state index in [0.29, 0.717) is 35.9 Å². The average molecular weight is 435 g/mol. The van der Waals surface area contributed by atoms with Crippen molar-refractivity contribution in [2.75, 3.05) is 18.0 Å². The molecule has 1 aromatic carbocycles. The summed E-state index contributed by atoms with van der Waals surface area (Å²) in [5, 5.41) is 0. The first-order chi connectivity index (χ1) is 15.5. The molecule has 1 atom stereocenters. The normalized spacial score (nSPS) is 16.8. The molecule has 1 saturated heterocycles. The molecule has 1 aliphatic rings. The Hall–Kier alpha value is -3.53.